The van der Waals surface area contributed by atoms with Crippen LogP contribution in [0.15, 0.2) is 41.8 Å². The number of nitrogens with two attached hydrogens (primary N) is 1. The van der Waals surface area contributed by atoms with Crippen molar-refractivity contribution in [2.24, 2.45) is 10.7 Å². The number of aliphatic imine (C=N–C) groups is 1. The van der Waals surface area contributed by atoms with Crippen LogP contribution in [0.4, 0.5) is 5.69 Å². The average Bonchev–Trinajstić information content (AvgIpc) is 2.97. The van der Waals surface area contributed by atoms with E-state index in [9.17, 15) is 10.1 Å². The van der Waals surface area contributed by atoms with Gasteiger partial charge in [-0.2, -0.15) is 5.10 Å². The van der Waals surface area contributed by atoms with E-state index in [1.807, 2.05) is 18.2 Å². The van der Waals surface area contributed by atoms with Crippen LogP contribution in [0, 0.1) is 10.1 Å². The van der Waals surface area contributed by atoms with Gasteiger partial charge in [0.15, 0.2) is 5.96 Å². The third-order valence-corrected chi connectivity index (χ3v) is 2.85. The van der Waals surface area contributed by atoms with Crippen LogP contribution in [0.1, 0.15) is 5.69 Å². The summed E-state index contributed by atoms with van der Waals surface area (Å²) in [5.74, 6) is 0.331. The van der Waals surface area contributed by atoms with Gasteiger partial charge in [0.25, 0.3) is 0 Å². The van der Waals surface area contributed by atoms with Gasteiger partial charge in [0, 0.05) is 31.4 Å². The first-order valence-electron chi connectivity index (χ1n) is 6.75. The molecule has 2 aromatic rings. The SMILES string of the molecule is NC(=NCCc1ccccn1)NCCn1cc([N+](=O)[O-])cn1. The third-order valence-electron chi connectivity index (χ3n) is 2.85. The molecule has 116 valence electrons. The van der Waals surface area contributed by atoms with Gasteiger partial charge in [-0.1, -0.05) is 6.07 Å². The van der Waals surface area contributed by atoms with Crippen molar-refractivity contribution in [3.05, 3.63) is 52.6 Å². The second-order valence-corrected chi connectivity index (χ2v) is 4.48. The molecule has 0 aliphatic heterocycles. The Bertz CT molecular complexity index is 639. The predicted molar refractivity (Wildman–Crippen MR) is 81.3 cm³/mol. The van der Waals surface area contributed by atoms with E-state index in [4.69, 9.17) is 5.73 Å². The summed E-state index contributed by atoms with van der Waals surface area (Å²) >= 11 is 0. The van der Waals surface area contributed by atoms with Gasteiger partial charge in [-0.3, -0.25) is 24.8 Å². The van der Waals surface area contributed by atoms with Gasteiger partial charge < -0.3 is 11.1 Å². The molecular formula is C13H17N7O2. The fraction of sp³-hybridized carbons (Fsp3) is 0.308. The van der Waals surface area contributed by atoms with Gasteiger partial charge in [-0.05, 0) is 12.1 Å². The minimum atomic E-state index is -0.482. The van der Waals surface area contributed by atoms with Crippen molar-refractivity contribution in [2.45, 2.75) is 13.0 Å². The molecule has 0 radical (unpaired) electrons. The van der Waals surface area contributed by atoms with Crippen molar-refractivity contribution in [3.63, 3.8) is 0 Å². The maximum Gasteiger partial charge on any atom is 0.306 e. The van der Waals surface area contributed by atoms with Gasteiger partial charge in [-0.15, -0.1) is 0 Å². The molecule has 2 heterocycles. The standard InChI is InChI=1S/C13H17N7O2/c14-13(16-6-4-11-3-1-2-5-15-11)17-7-8-19-10-12(9-18-19)20(21)22/h1-3,5,9-10H,4,6-8H2,(H3,14,16,17). The summed E-state index contributed by atoms with van der Waals surface area (Å²) in [5.41, 5.74) is 6.67. The Labute approximate surface area is 127 Å². The smallest absolute Gasteiger partial charge is 0.306 e. The largest absolute Gasteiger partial charge is 0.370 e. The van der Waals surface area contributed by atoms with Crippen molar-refractivity contribution in [2.75, 3.05) is 13.1 Å². The summed E-state index contributed by atoms with van der Waals surface area (Å²) in [6, 6.07) is 5.73. The monoisotopic (exact) mass is 303 g/mol. The molecule has 9 nitrogen and oxygen atoms in total. The number of nitrogens with one attached hydrogen (secondary N) is 1. The highest BCUT2D eigenvalue weighted by Gasteiger charge is 2.07. The second kappa shape index (κ2) is 7.72. The summed E-state index contributed by atoms with van der Waals surface area (Å²) in [6.07, 6.45) is 5.04. The Morgan fingerprint density at radius 3 is 3.05 bits per heavy atom. The topological polar surface area (TPSA) is 124 Å². The zero-order valence-corrected chi connectivity index (χ0v) is 11.9. The van der Waals surface area contributed by atoms with Crippen LogP contribution in [0.5, 0.6) is 0 Å². The van der Waals surface area contributed by atoms with Crippen LogP contribution in [-0.4, -0.2) is 38.7 Å². The Morgan fingerprint density at radius 2 is 2.36 bits per heavy atom. The molecule has 2 aromatic heterocycles. The number of hydrogen-bond donors (Lipinski definition) is 2. The van der Waals surface area contributed by atoms with Crippen molar-refractivity contribution in [3.8, 4) is 0 Å². The van der Waals surface area contributed by atoms with Gasteiger partial charge in [0.2, 0.25) is 0 Å². The summed E-state index contributed by atoms with van der Waals surface area (Å²) in [4.78, 5) is 18.4. The first-order chi connectivity index (χ1) is 10.6. The van der Waals surface area contributed by atoms with E-state index >= 15 is 0 Å². The van der Waals surface area contributed by atoms with E-state index < -0.39 is 4.92 Å². The van der Waals surface area contributed by atoms with Crippen LogP contribution in [-0.2, 0) is 13.0 Å². The first kappa shape index (κ1) is 15.4. The molecule has 0 aliphatic rings. The molecule has 22 heavy (non-hydrogen) atoms. The van der Waals surface area contributed by atoms with Gasteiger partial charge in [-0.25, -0.2) is 0 Å². The number of guanidine groups is 1. The summed E-state index contributed by atoms with van der Waals surface area (Å²) in [6.45, 7) is 1.49. The Balaban J connectivity index is 1.69. The fourth-order valence-electron chi connectivity index (χ4n) is 1.76. The Hall–Kier alpha value is -2.97. The highest BCUT2D eigenvalue weighted by Crippen LogP contribution is 2.06. The molecule has 0 aromatic carbocycles. The normalized spacial score (nSPS) is 11.4. The predicted octanol–water partition coefficient (Wildman–Crippen LogP) is 0.333. The molecule has 0 bridgehead atoms. The van der Waals surface area contributed by atoms with Crippen LogP contribution in [0.25, 0.3) is 0 Å². The molecule has 0 saturated heterocycles. The molecule has 0 saturated carbocycles. The zero-order valence-electron chi connectivity index (χ0n) is 11.9. The quantitative estimate of drug-likeness (QED) is 0.329. The zero-order chi connectivity index (χ0) is 15.8. The first-order valence-corrected chi connectivity index (χ1v) is 6.75. The molecule has 0 atom stereocenters. The van der Waals surface area contributed by atoms with Gasteiger partial charge in [0.05, 0.1) is 11.5 Å². The second-order valence-electron chi connectivity index (χ2n) is 4.48. The lowest BCUT2D eigenvalue weighted by Crippen LogP contribution is -2.34. The highest BCUT2D eigenvalue weighted by atomic mass is 16.6. The van der Waals surface area contributed by atoms with Crippen molar-refractivity contribution in [1.82, 2.24) is 20.1 Å². The van der Waals surface area contributed by atoms with E-state index in [0.29, 0.717) is 32.0 Å². The summed E-state index contributed by atoms with van der Waals surface area (Å²) in [5, 5.41) is 17.3. The van der Waals surface area contributed by atoms with Crippen molar-refractivity contribution in [1.29, 1.82) is 0 Å². The number of rotatable bonds is 7. The van der Waals surface area contributed by atoms with Crippen molar-refractivity contribution < 1.29 is 4.92 Å². The third kappa shape index (κ3) is 4.85. The maximum atomic E-state index is 10.5. The Kier molecular flexibility index (Phi) is 5.41. The Morgan fingerprint density at radius 1 is 1.50 bits per heavy atom. The maximum absolute atomic E-state index is 10.5. The van der Waals surface area contributed by atoms with Crippen LogP contribution in [0.3, 0.4) is 0 Å². The molecule has 3 N–H and O–H groups in total. The molecule has 2 rings (SSSR count). The van der Waals surface area contributed by atoms with Crippen LogP contribution >= 0.6 is 0 Å². The van der Waals surface area contributed by atoms with E-state index in [-0.39, 0.29) is 5.69 Å². The molecule has 0 unspecified atom stereocenters. The van der Waals surface area contributed by atoms with E-state index in [1.54, 1.807) is 6.20 Å². The number of hydrogen-bond acceptors (Lipinski definition) is 5. The molecule has 0 aliphatic carbocycles. The van der Waals surface area contributed by atoms with E-state index in [1.165, 1.54) is 17.1 Å². The van der Waals surface area contributed by atoms with Gasteiger partial charge in [0.1, 0.15) is 12.4 Å². The van der Waals surface area contributed by atoms with E-state index in [2.05, 4.69) is 20.4 Å². The molecule has 0 amide bonds. The number of nitro groups is 1. The van der Waals surface area contributed by atoms with Crippen LogP contribution < -0.4 is 11.1 Å². The van der Waals surface area contributed by atoms with Crippen LogP contribution in [0.2, 0.25) is 0 Å². The number of aromatic nitrogens is 3. The highest BCUT2D eigenvalue weighted by molar-refractivity contribution is 5.77. The lowest BCUT2D eigenvalue weighted by molar-refractivity contribution is -0.385. The minimum Gasteiger partial charge on any atom is -0.370 e. The van der Waals surface area contributed by atoms with Gasteiger partial charge >= 0.3 is 5.69 Å². The fourth-order valence-corrected chi connectivity index (χ4v) is 1.76. The van der Waals surface area contributed by atoms with E-state index in [0.717, 1.165) is 5.69 Å². The average molecular weight is 303 g/mol. The number of pyridine rings is 1. The summed E-state index contributed by atoms with van der Waals surface area (Å²) < 4.78 is 1.48. The number of nitrogens with zero attached hydrogens (tertiary/aromatic N) is 5. The molecule has 0 spiro atoms. The molecule has 0 fully saturated rings. The lowest BCUT2D eigenvalue weighted by Gasteiger charge is -2.05. The minimum absolute atomic E-state index is 0.0306. The van der Waals surface area contributed by atoms with Crippen molar-refractivity contribution >= 4 is 11.6 Å². The summed E-state index contributed by atoms with van der Waals surface area (Å²) in [7, 11) is 0. The lowest BCUT2D eigenvalue weighted by atomic mass is 10.3. The molecule has 9 heteroatoms. The molecular weight excluding hydrogens is 286 g/mol.